The SMILES string of the molecule is CC(C)c1cc(Br)ccc1Oc1ccncc1CCl. The lowest BCUT2D eigenvalue weighted by Gasteiger charge is -2.15. The van der Waals surface area contributed by atoms with Crippen LogP contribution in [-0.2, 0) is 5.88 Å². The summed E-state index contributed by atoms with van der Waals surface area (Å²) in [6.07, 6.45) is 3.44. The number of ether oxygens (including phenoxy) is 1. The van der Waals surface area contributed by atoms with E-state index in [1.54, 1.807) is 12.4 Å². The first kappa shape index (κ1) is 14.4. The van der Waals surface area contributed by atoms with Crippen molar-refractivity contribution in [3.63, 3.8) is 0 Å². The second-order valence-electron chi connectivity index (χ2n) is 4.56. The first-order valence-electron chi connectivity index (χ1n) is 6.08. The average molecular weight is 341 g/mol. The summed E-state index contributed by atoms with van der Waals surface area (Å²) < 4.78 is 7.05. The van der Waals surface area contributed by atoms with Gasteiger partial charge in [0.25, 0.3) is 0 Å². The second-order valence-corrected chi connectivity index (χ2v) is 5.74. The van der Waals surface area contributed by atoms with Crippen molar-refractivity contribution in [2.24, 2.45) is 0 Å². The largest absolute Gasteiger partial charge is 0.457 e. The smallest absolute Gasteiger partial charge is 0.134 e. The van der Waals surface area contributed by atoms with Crippen LogP contribution in [0.3, 0.4) is 0 Å². The van der Waals surface area contributed by atoms with E-state index in [2.05, 4.69) is 40.8 Å². The third kappa shape index (κ3) is 3.48. The normalized spacial score (nSPS) is 10.8. The fraction of sp³-hybridized carbons (Fsp3) is 0.267. The Labute approximate surface area is 126 Å². The number of nitrogens with zero attached hydrogens (tertiary/aromatic N) is 1. The molecule has 0 bridgehead atoms. The topological polar surface area (TPSA) is 22.1 Å². The van der Waals surface area contributed by atoms with Crippen LogP contribution in [-0.4, -0.2) is 4.98 Å². The summed E-state index contributed by atoms with van der Waals surface area (Å²) in [6.45, 7) is 4.29. The number of halogens is 2. The molecule has 100 valence electrons. The molecule has 0 radical (unpaired) electrons. The maximum Gasteiger partial charge on any atom is 0.134 e. The highest BCUT2D eigenvalue weighted by Gasteiger charge is 2.11. The maximum absolute atomic E-state index is 6.00. The zero-order chi connectivity index (χ0) is 13.8. The minimum atomic E-state index is 0.383. The van der Waals surface area contributed by atoms with E-state index in [0.29, 0.717) is 11.8 Å². The summed E-state index contributed by atoms with van der Waals surface area (Å²) in [7, 11) is 0. The van der Waals surface area contributed by atoms with E-state index in [1.165, 1.54) is 0 Å². The number of hydrogen-bond donors (Lipinski definition) is 0. The molecule has 0 amide bonds. The van der Waals surface area contributed by atoms with Gasteiger partial charge in [0.1, 0.15) is 11.5 Å². The molecule has 1 heterocycles. The Hall–Kier alpha value is -1.06. The molecule has 2 rings (SSSR count). The molecule has 0 aliphatic heterocycles. The molecule has 0 aliphatic rings. The first-order valence-corrected chi connectivity index (χ1v) is 7.40. The Kier molecular flexibility index (Phi) is 4.83. The van der Waals surface area contributed by atoms with E-state index in [9.17, 15) is 0 Å². The van der Waals surface area contributed by atoms with Crippen LogP contribution in [0.15, 0.2) is 41.1 Å². The molecule has 1 aromatic heterocycles. The van der Waals surface area contributed by atoms with Gasteiger partial charge in [-0.05, 0) is 35.7 Å². The molecule has 0 unspecified atom stereocenters. The van der Waals surface area contributed by atoms with E-state index in [4.69, 9.17) is 16.3 Å². The van der Waals surface area contributed by atoms with Gasteiger partial charge >= 0.3 is 0 Å². The van der Waals surface area contributed by atoms with Gasteiger partial charge in [0.15, 0.2) is 0 Å². The van der Waals surface area contributed by atoms with E-state index in [0.717, 1.165) is 27.1 Å². The molecule has 2 nitrogen and oxygen atoms in total. The predicted octanol–water partition coefficient (Wildman–Crippen LogP) is 5.50. The third-order valence-corrected chi connectivity index (χ3v) is 3.60. The van der Waals surface area contributed by atoms with Crippen LogP contribution in [0.5, 0.6) is 11.5 Å². The first-order chi connectivity index (χ1) is 9.11. The van der Waals surface area contributed by atoms with E-state index in [-0.39, 0.29) is 0 Å². The summed E-state index contributed by atoms with van der Waals surface area (Å²) in [5.41, 5.74) is 2.05. The van der Waals surface area contributed by atoms with Crippen molar-refractivity contribution in [3.8, 4) is 11.5 Å². The quantitative estimate of drug-likeness (QED) is 0.686. The van der Waals surface area contributed by atoms with Gasteiger partial charge in [0.2, 0.25) is 0 Å². The lowest BCUT2D eigenvalue weighted by molar-refractivity contribution is 0.468. The van der Waals surface area contributed by atoms with Gasteiger partial charge in [-0.15, -0.1) is 11.6 Å². The molecule has 0 aliphatic carbocycles. The number of aromatic nitrogens is 1. The molecule has 4 heteroatoms. The Morgan fingerprint density at radius 1 is 1.26 bits per heavy atom. The molecule has 0 fully saturated rings. The number of alkyl halides is 1. The van der Waals surface area contributed by atoms with Crippen molar-refractivity contribution in [1.82, 2.24) is 4.98 Å². The third-order valence-electron chi connectivity index (χ3n) is 2.82. The molecule has 0 saturated heterocycles. The molecule has 0 N–H and O–H groups in total. The van der Waals surface area contributed by atoms with Crippen molar-refractivity contribution in [2.45, 2.75) is 25.6 Å². The van der Waals surface area contributed by atoms with Crippen molar-refractivity contribution < 1.29 is 4.74 Å². The Balaban J connectivity index is 2.38. The van der Waals surface area contributed by atoms with Crippen LogP contribution in [0.2, 0.25) is 0 Å². The van der Waals surface area contributed by atoms with E-state index in [1.807, 2.05) is 18.2 Å². The van der Waals surface area contributed by atoms with Gasteiger partial charge in [-0.2, -0.15) is 0 Å². The molecule has 0 atom stereocenters. The van der Waals surface area contributed by atoms with Crippen LogP contribution in [0, 0.1) is 0 Å². The van der Waals surface area contributed by atoms with E-state index >= 15 is 0 Å². The monoisotopic (exact) mass is 339 g/mol. The van der Waals surface area contributed by atoms with Crippen molar-refractivity contribution in [2.75, 3.05) is 0 Å². The summed E-state index contributed by atoms with van der Waals surface area (Å²) >= 11 is 9.39. The predicted molar refractivity (Wildman–Crippen MR) is 82.1 cm³/mol. The highest BCUT2D eigenvalue weighted by atomic mass is 79.9. The van der Waals surface area contributed by atoms with Crippen LogP contribution in [0.1, 0.15) is 30.9 Å². The van der Waals surface area contributed by atoms with Crippen LogP contribution in [0.4, 0.5) is 0 Å². The minimum Gasteiger partial charge on any atom is -0.457 e. The Morgan fingerprint density at radius 2 is 2.05 bits per heavy atom. The van der Waals surface area contributed by atoms with Gasteiger partial charge in [0.05, 0.1) is 5.88 Å². The number of rotatable bonds is 4. The van der Waals surface area contributed by atoms with Gasteiger partial charge in [0, 0.05) is 22.4 Å². The average Bonchev–Trinajstić information content (AvgIpc) is 2.41. The van der Waals surface area contributed by atoms with Gasteiger partial charge in [-0.25, -0.2) is 0 Å². The molecule has 19 heavy (non-hydrogen) atoms. The Morgan fingerprint density at radius 3 is 2.74 bits per heavy atom. The molecular formula is C15H15BrClNO. The zero-order valence-electron chi connectivity index (χ0n) is 10.9. The standard InChI is InChI=1S/C15H15BrClNO/c1-10(2)13-7-12(16)3-4-15(13)19-14-5-6-18-9-11(14)8-17/h3-7,9-10H,8H2,1-2H3. The lowest BCUT2D eigenvalue weighted by Crippen LogP contribution is -1.96. The summed E-state index contributed by atoms with van der Waals surface area (Å²) in [5, 5.41) is 0. The van der Waals surface area contributed by atoms with Gasteiger partial charge in [-0.3, -0.25) is 4.98 Å². The molecule has 1 aromatic carbocycles. The second kappa shape index (κ2) is 6.40. The zero-order valence-corrected chi connectivity index (χ0v) is 13.2. The molecular weight excluding hydrogens is 326 g/mol. The number of pyridine rings is 1. The lowest BCUT2D eigenvalue weighted by atomic mass is 10.0. The highest BCUT2D eigenvalue weighted by Crippen LogP contribution is 2.34. The fourth-order valence-corrected chi connectivity index (χ4v) is 2.38. The van der Waals surface area contributed by atoms with Crippen LogP contribution < -0.4 is 4.74 Å². The van der Waals surface area contributed by atoms with Crippen LogP contribution >= 0.6 is 27.5 Å². The molecule has 0 spiro atoms. The Bertz CT molecular complexity index is 572. The van der Waals surface area contributed by atoms with Crippen molar-refractivity contribution >= 4 is 27.5 Å². The van der Waals surface area contributed by atoms with Gasteiger partial charge in [-0.1, -0.05) is 29.8 Å². The van der Waals surface area contributed by atoms with E-state index < -0.39 is 0 Å². The summed E-state index contributed by atoms with van der Waals surface area (Å²) in [6, 6.07) is 7.87. The minimum absolute atomic E-state index is 0.383. The van der Waals surface area contributed by atoms with Crippen LogP contribution in [0.25, 0.3) is 0 Å². The van der Waals surface area contributed by atoms with Crippen molar-refractivity contribution in [3.05, 3.63) is 52.3 Å². The van der Waals surface area contributed by atoms with Crippen molar-refractivity contribution in [1.29, 1.82) is 0 Å². The number of benzene rings is 1. The summed E-state index contributed by atoms with van der Waals surface area (Å²) in [5.74, 6) is 2.38. The molecule has 2 aromatic rings. The van der Waals surface area contributed by atoms with Gasteiger partial charge < -0.3 is 4.74 Å². The fourth-order valence-electron chi connectivity index (χ4n) is 1.80. The maximum atomic E-state index is 6.00. The highest BCUT2D eigenvalue weighted by molar-refractivity contribution is 9.10. The number of hydrogen-bond acceptors (Lipinski definition) is 2. The molecule has 0 saturated carbocycles. The summed E-state index contributed by atoms with van der Waals surface area (Å²) in [4.78, 5) is 4.06.